The molecule has 7 nitrogen and oxygen atoms in total. The van der Waals surface area contributed by atoms with Crippen LogP contribution in [-0.2, 0) is 17.8 Å². The summed E-state index contributed by atoms with van der Waals surface area (Å²) in [5.41, 5.74) is 2.29. The molecule has 1 amide bonds. The summed E-state index contributed by atoms with van der Waals surface area (Å²) < 4.78 is 7.02. The quantitative estimate of drug-likeness (QED) is 0.581. The highest BCUT2D eigenvalue weighted by Crippen LogP contribution is 2.15. The van der Waals surface area contributed by atoms with Crippen LogP contribution in [0.4, 0.5) is 0 Å². The van der Waals surface area contributed by atoms with Gasteiger partial charge in [0.1, 0.15) is 0 Å². The number of rotatable bonds is 9. The van der Waals surface area contributed by atoms with E-state index >= 15 is 0 Å². The van der Waals surface area contributed by atoms with Crippen LogP contribution in [0.2, 0.25) is 0 Å². The Morgan fingerprint density at radius 1 is 1.20 bits per heavy atom. The molecule has 158 valence electrons. The van der Waals surface area contributed by atoms with Gasteiger partial charge in [-0.1, -0.05) is 42.4 Å². The third kappa shape index (κ3) is 5.23. The molecule has 0 radical (unpaired) electrons. The van der Waals surface area contributed by atoms with Gasteiger partial charge in [0.15, 0.2) is 0 Å². The summed E-state index contributed by atoms with van der Waals surface area (Å²) in [5, 5.41) is 6.96. The van der Waals surface area contributed by atoms with Crippen LogP contribution in [0, 0.1) is 6.92 Å². The number of aromatic nitrogens is 3. The number of amides is 1. The Morgan fingerprint density at radius 2 is 1.97 bits per heavy atom. The van der Waals surface area contributed by atoms with Crippen molar-refractivity contribution in [1.29, 1.82) is 0 Å². The Hall–Kier alpha value is -3.22. The zero-order valence-corrected chi connectivity index (χ0v) is 17.7. The molecular weight excluding hydrogens is 380 g/mol. The van der Waals surface area contributed by atoms with Gasteiger partial charge in [-0.05, 0) is 44.4 Å². The number of carbonyl (C=O) groups is 1. The first-order valence-corrected chi connectivity index (χ1v) is 10.4. The molecular formula is C23H28N4O3. The number of benzene rings is 1. The first-order chi connectivity index (χ1) is 14.5. The van der Waals surface area contributed by atoms with E-state index < -0.39 is 0 Å². The fourth-order valence-electron chi connectivity index (χ4n) is 3.35. The second-order valence-electron chi connectivity index (χ2n) is 7.41. The fraction of sp³-hybridized carbons (Fsp3) is 0.391. The molecule has 3 rings (SSSR count). The minimum Gasteiger partial charge on any atom is -0.350 e. The van der Waals surface area contributed by atoms with Crippen molar-refractivity contribution in [2.75, 3.05) is 0 Å². The van der Waals surface area contributed by atoms with E-state index in [1.807, 2.05) is 57.2 Å². The van der Waals surface area contributed by atoms with E-state index in [4.69, 9.17) is 4.52 Å². The summed E-state index contributed by atoms with van der Waals surface area (Å²) in [6.07, 6.45) is 2.30. The monoisotopic (exact) mass is 408 g/mol. The standard InChI is InChI=1S/C23H28N4O3/c1-4-15-27-16(2)13-14-19(23(27)29)22-25-21(30-26-22)12-8-11-20(28)24-17(3)18-9-6-5-7-10-18/h5-7,9-10,13-14,17H,4,8,11-12,15H2,1-3H3,(H,24,28). The van der Waals surface area contributed by atoms with Gasteiger partial charge in [-0.25, -0.2) is 0 Å². The van der Waals surface area contributed by atoms with Crippen LogP contribution in [0.1, 0.15) is 56.3 Å². The van der Waals surface area contributed by atoms with Gasteiger partial charge in [0.05, 0.1) is 11.6 Å². The summed E-state index contributed by atoms with van der Waals surface area (Å²) in [5.74, 6) is 0.699. The first-order valence-electron chi connectivity index (χ1n) is 10.4. The normalized spacial score (nSPS) is 12.0. The van der Waals surface area contributed by atoms with E-state index in [-0.39, 0.29) is 17.5 Å². The van der Waals surface area contributed by atoms with Crippen molar-refractivity contribution in [3.63, 3.8) is 0 Å². The highest BCUT2D eigenvalue weighted by atomic mass is 16.5. The van der Waals surface area contributed by atoms with Crippen molar-refractivity contribution < 1.29 is 9.32 Å². The lowest BCUT2D eigenvalue weighted by atomic mass is 10.1. The number of hydrogen-bond donors (Lipinski definition) is 1. The van der Waals surface area contributed by atoms with E-state index in [9.17, 15) is 9.59 Å². The average Bonchev–Trinajstić information content (AvgIpc) is 3.20. The Morgan fingerprint density at radius 3 is 2.70 bits per heavy atom. The summed E-state index contributed by atoms with van der Waals surface area (Å²) in [7, 11) is 0. The third-order valence-electron chi connectivity index (χ3n) is 5.02. The van der Waals surface area contributed by atoms with Crippen LogP contribution in [0.15, 0.2) is 51.8 Å². The molecule has 0 aliphatic heterocycles. The number of hydrogen-bond acceptors (Lipinski definition) is 5. The molecule has 1 N–H and O–H groups in total. The van der Waals surface area contributed by atoms with Crippen LogP contribution >= 0.6 is 0 Å². The van der Waals surface area contributed by atoms with Crippen LogP contribution in [-0.4, -0.2) is 20.6 Å². The van der Waals surface area contributed by atoms with Gasteiger partial charge in [-0.3, -0.25) is 9.59 Å². The number of aryl methyl sites for hydroxylation is 2. The molecule has 0 fully saturated rings. The van der Waals surface area contributed by atoms with Crippen LogP contribution < -0.4 is 10.9 Å². The maximum Gasteiger partial charge on any atom is 0.261 e. The maximum atomic E-state index is 12.7. The van der Waals surface area contributed by atoms with E-state index in [1.165, 1.54) is 0 Å². The molecule has 3 aromatic rings. The van der Waals surface area contributed by atoms with E-state index in [2.05, 4.69) is 15.5 Å². The Labute approximate surface area is 176 Å². The van der Waals surface area contributed by atoms with Crippen molar-refractivity contribution in [2.24, 2.45) is 0 Å². The van der Waals surface area contributed by atoms with Crippen LogP contribution in [0.25, 0.3) is 11.4 Å². The van der Waals surface area contributed by atoms with Gasteiger partial charge < -0.3 is 14.4 Å². The van der Waals surface area contributed by atoms with Crippen molar-refractivity contribution in [3.8, 4) is 11.4 Å². The molecule has 2 heterocycles. The summed E-state index contributed by atoms with van der Waals surface area (Å²) >= 11 is 0. The largest absolute Gasteiger partial charge is 0.350 e. The highest BCUT2D eigenvalue weighted by molar-refractivity contribution is 5.76. The SMILES string of the molecule is CCCn1c(C)ccc(-c2noc(CCCC(=O)NC(C)c3ccccc3)n2)c1=O. The molecule has 0 spiro atoms. The lowest BCUT2D eigenvalue weighted by Gasteiger charge is -2.13. The van der Waals surface area contributed by atoms with Gasteiger partial charge in [0.25, 0.3) is 5.56 Å². The van der Waals surface area contributed by atoms with Crippen LogP contribution in [0.5, 0.6) is 0 Å². The molecule has 0 saturated heterocycles. The second kappa shape index (κ2) is 10.0. The Bertz CT molecular complexity index is 1040. The third-order valence-corrected chi connectivity index (χ3v) is 5.02. The summed E-state index contributed by atoms with van der Waals surface area (Å²) in [6, 6.07) is 13.4. The minimum atomic E-state index is -0.113. The molecule has 2 aromatic heterocycles. The maximum absolute atomic E-state index is 12.7. The van der Waals surface area contributed by atoms with E-state index in [1.54, 1.807) is 10.6 Å². The zero-order chi connectivity index (χ0) is 21.5. The predicted molar refractivity (Wildman–Crippen MR) is 115 cm³/mol. The topological polar surface area (TPSA) is 90.0 Å². The predicted octanol–water partition coefficient (Wildman–Crippen LogP) is 3.82. The fourth-order valence-corrected chi connectivity index (χ4v) is 3.35. The highest BCUT2D eigenvalue weighted by Gasteiger charge is 2.15. The number of nitrogens with zero attached hydrogens (tertiary/aromatic N) is 3. The molecule has 1 aromatic carbocycles. The van der Waals surface area contributed by atoms with Crippen molar-refractivity contribution in [2.45, 2.75) is 59.0 Å². The Kier molecular flexibility index (Phi) is 7.17. The summed E-state index contributed by atoms with van der Waals surface area (Å²) in [6.45, 7) is 6.55. The lowest BCUT2D eigenvalue weighted by molar-refractivity contribution is -0.121. The van der Waals surface area contributed by atoms with Gasteiger partial charge >= 0.3 is 0 Å². The Balaban J connectivity index is 1.56. The zero-order valence-electron chi connectivity index (χ0n) is 17.7. The van der Waals surface area contributed by atoms with Crippen molar-refractivity contribution in [1.82, 2.24) is 20.0 Å². The van der Waals surface area contributed by atoms with Crippen molar-refractivity contribution >= 4 is 5.91 Å². The summed E-state index contributed by atoms with van der Waals surface area (Å²) in [4.78, 5) is 29.3. The number of carbonyl (C=O) groups excluding carboxylic acids is 1. The van der Waals surface area contributed by atoms with Gasteiger partial charge in [0, 0.05) is 25.1 Å². The molecule has 1 atom stereocenters. The molecule has 30 heavy (non-hydrogen) atoms. The second-order valence-corrected chi connectivity index (χ2v) is 7.41. The molecule has 7 heteroatoms. The number of pyridine rings is 1. The molecule has 0 saturated carbocycles. The lowest BCUT2D eigenvalue weighted by Crippen LogP contribution is -2.26. The average molecular weight is 409 g/mol. The smallest absolute Gasteiger partial charge is 0.261 e. The van der Waals surface area contributed by atoms with Gasteiger partial charge in [0.2, 0.25) is 17.6 Å². The van der Waals surface area contributed by atoms with Crippen LogP contribution in [0.3, 0.4) is 0 Å². The van der Waals surface area contributed by atoms with E-state index in [0.29, 0.717) is 43.1 Å². The molecule has 0 bridgehead atoms. The molecule has 0 aliphatic carbocycles. The van der Waals surface area contributed by atoms with Gasteiger partial charge in [-0.2, -0.15) is 4.98 Å². The van der Waals surface area contributed by atoms with Gasteiger partial charge in [-0.15, -0.1) is 0 Å². The molecule has 1 unspecified atom stereocenters. The number of nitrogens with one attached hydrogen (secondary N) is 1. The minimum absolute atomic E-state index is 0.0212. The first kappa shape index (κ1) is 21.5. The van der Waals surface area contributed by atoms with E-state index in [0.717, 1.165) is 17.7 Å². The molecule has 0 aliphatic rings. The van der Waals surface area contributed by atoms with Crippen molar-refractivity contribution in [3.05, 3.63) is 70.0 Å².